The molecule has 0 bridgehead atoms. The lowest BCUT2D eigenvalue weighted by Gasteiger charge is -1.97. The molecule has 0 fully saturated rings. The predicted molar refractivity (Wildman–Crippen MR) is 256 cm³/mol. The molecule has 2 aromatic heterocycles. The maximum absolute atomic E-state index is 10.9. The lowest BCUT2D eigenvalue weighted by molar-refractivity contribution is 0.0756. The normalized spacial score (nSPS) is 6.90. The molecule has 4 aromatic rings. The van der Waals surface area contributed by atoms with E-state index in [4.69, 9.17) is 10.0 Å². The number of halogens is 1. The Morgan fingerprint density at radius 1 is 0.538 bits per heavy atom. The van der Waals surface area contributed by atoms with Crippen LogP contribution in [-0.4, -0.2) is 29.1 Å². The van der Waals surface area contributed by atoms with Crippen molar-refractivity contribution in [3.63, 3.8) is 0 Å². The van der Waals surface area contributed by atoms with Crippen molar-refractivity contribution in [1.29, 1.82) is 0 Å². The number of rotatable bonds is 2. The van der Waals surface area contributed by atoms with Gasteiger partial charge >= 0.3 is 19.1 Å². The van der Waals surface area contributed by atoms with Crippen LogP contribution in [0.2, 0.25) is 6.82 Å². The van der Waals surface area contributed by atoms with E-state index >= 15 is 0 Å². The molecule has 2 unspecified atom stereocenters. The molecule has 0 aliphatic rings. The van der Waals surface area contributed by atoms with Gasteiger partial charge in [-0.2, -0.15) is 22.7 Å². The number of thiophene rings is 2. The summed E-state index contributed by atoms with van der Waals surface area (Å²) >= 11 is 5.60. The molecule has 0 amide bonds. The summed E-state index contributed by atoms with van der Waals surface area (Å²) in [6.07, 6.45) is 0. The lowest BCUT2D eigenvalue weighted by atomic mass is 9.99. The van der Waals surface area contributed by atoms with Crippen LogP contribution in [0.3, 0.4) is 0 Å². The molecule has 304 valence electrons. The molecule has 2 atom stereocenters. The van der Waals surface area contributed by atoms with E-state index in [-0.39, 0.29) is 11.9 Å². The van der Waals surface area contributed by atoms with Gasteiger partial charge in [0.05, 0.1) is 30.1 Å². The van der Waals surface area contributed by atoms with Gasteiger partial charge in [-0.25, -0.2) is 9.59 Å². The topological polar surface area (TPSA) is 93.1 Å². The zero-order valence-electron chi connectivity index (χ0n) is 35.7. The maximum Gasteiger partial charge on any atom is 0.448 e. The second-order valence-corrected chi connectivity index (χ2v) is 9.75. The second kappa shape index (κ2) is 74.5. The Hall–Kier alpha value is -1.65. The number of hydrogen-bond donors (Lipinski definition) is 2. The highest BCUT2D eigenvalue weighted by Crippen LogP contribution is 2.09. The fourth-order valence-corrected chi connectivity index (χ4v) is 3.40. The Kier molecular flexibility index (Phi) is 103. The highest BCUT2D eigenvalue weighted by Gasteiger charge is 2.03. The van der Waals surface area contributed by atoms with E-state index in [1.165, 1.54) is 6.82 Å². The van der Waals surface area contributed by atoms with Gasteiger partial charge in [0.1, 0.15) is 0 Å². The van der Waals surface area contributed by atoms with Crippen LogP contribution in [0.4, 0.5) is 0 Å². The molecule has 0 radical (unpaired) electrons. The smallest absolute Gasteiger partial charge is 0.448 e. The molecule has 0 spiro atoms. The molecule has 0 saturated heterocycles. The van der Waals surface area contributed by atoms with Crippen LogP contribution in [0, 0.1) is 10.5 Å². The standard InChI is InChI=1S/C8H9O2P.C7H6IO2P.2C4H4S.8C2H6.CH5BO2/c1-6-2-4-7(5-3-6)8(9)10-11;8-6-3-1-5(2-4-6)7(9)10-11;2*1-2-4-5-3-1;8*1-2;1-2(3)4/h2-5H,11H2,1H3;1-4H,11H2;2*1-4H;8*1-2H3;3-4H,1H3. The minimum absolute atomic E-state index is 0.324. The molecule has 2 heterocycles. The zero-order valence-corrected chi connectivity index (χ0v) is 41.8. The van der Waals surface area contributed by atoms with Crippen LogP contribution in [0.1, 0.15) is 137 Å². The second-order valence-electron chi connectivity index (χ2n) is 6.40. The number of carbonyl (C=O) groups is 2. The first kappa shape index (κ1) is 71.7. The van der Waals surface area contributed by atoms with Gasteiger partial charge in [-0.15, -0.1) is 0 Å². The van der Waals surface area contributed by atoms with Crippen LogP contribution in [0.5, 0.6) is 0 Å². The van der Waals surface area contributed by atoms with E-state index in [1.807, 2.05) is 207 Å². The summed E-state index contributed by atoms with van der Waals surface area (Å²) < 4.78 is 10.0. The third-order valence-corrected chi connectivity index (χ3v) is 5.84. The van der Waals surface area contributed by atoms with E-state index in [0.717, 1.165) is 9.13 Å². The van der Waals surface area contributed by atoms with Gasteiger partial charge in [0.15, 0.2) is 0 Å². The first-order valence-corrected chi connectivity index (χ1v) is 22.1. The lowest BCUT2D eigenvalue weighted by Crippen LogP contribution is -2.00. The van der Waals surface area contributed by atoms with Gasteiger partial charge in [0.2, 0.25) is 0 Å². The Morgan fingerprint density at radius 2 is 0.750 bits per heavy atom. The quantitative estimate of drug-likeness (QED) is 0.118. The molecule has 0 saturated carbocycles. The minimum Gasteiger partial charge on any atom is -0.448 e. The fraction of sp³-hybridized carbons (Fsp3) is 0.450. The van der Waals surface area contributed by atoms with Gasteiger partial charge in [0.25, 0.3) is 0 Å². The summed E-state index contributed by atoms with van der Waals surface area (Å²) in [5.41, 5.74) is 2.27. The summed E-state index contributed by atoms with van der Waals surface area (Å²) in [6, 6.07) is 22.5. The highest BCUT2D eigenvalue weighted by molar-refractivity contribution is 14.1. The zero-order chi connectivity index (χ0) is 43.2. The van der Waals surface area contributed by atoms with Gasteiger partial charge in [-0.1, -0.05) is 153 Å². The SMILES string of the molecule is CB(O)O.CC.CC.CC.CC.CC.CC.CC.CC.Cc1ccc(C(=O)OP)cc1.O=C(OP)c1ccc(I)cc1.c1ccsc1.c1ccsc1. The molecule has 0 aliphatic heterocycles. The molecular weight excluding hydrogens is 840 g/mol. The summed E-state index contributed by atoms with van der Waals surface area (Å²) in [6.45, 7) is 35.2. The van der Waals surface area contributed by atoms with Crippen LogP contribution in [0.25, 0.3) is 0 Å². The van der Waals surface area contributed by atoms with Crippen molar-refractivity contribution in [3.05, 3.63) is 115 Å². The summed E-state index contributed by atoms with van der Waals surface area (Å²) in [7, 11) is 2.69. The van der Waals surface area contributed by atoms with Crippen molar-refractivity contribution in [3.8, 4) is 0 Å². The monoisotopic (exact) mass is 916 g/mol. The van der Waals surface area contributed by atoms with Crippen molar-refractivity contribution in [2.75, 3.05) is 0 Å². The Morgan fingerprint density at radius 3 is 0.923 bits per heavy atom. The first-order valence-electron chi connectivity index (χ1n) is 18.2. The van der Waals surface area contributed by atoms with Gasteiger partial charge in [-0.05, 0) is 94.3 Å². The molecule has 6 nitrogen and oxygen atoms in total. The fourth-order valence-electron chi connectivity index (χ4n) is 1.87. The molecule has 2 N–H and O–H groups in total. The number of benzene rings is 2. The Bertz CT molecular complexity index is 936. The van der Waals surface area contributed by atoms with Crippen LogP contribution in [-0.2, 0) is 9.05 Å². The first-order chi connectivity index (χ1) is 25.2. The number of aryl methyl sites for hydroxylation is 1. The van der Waals surface area contributed by atoms with E-state index in [2.05, 4.69) is 31.6 Å². The molecule has 52 heavy (non-hydrogen) atoms. The van der Waals surface area contributed by atoms with Crippen molar-refractivity contribution < 1.29 is 28.7 Å². The number of hydrogen-bond acceptors (Lipinski definition) is 8. The number of carbonyl (C=O) groups excluding carboxylic acids is 2. The summed E-state index contributed by atoms with van der Waals surface area (Å²) in [5.74, 6) is -0.651. The average Bonchev–Trinajstić information content (AvgIpc) is 4.02. The summed E-state index contributed by atoms with van der Waals surface area (Å²) in [4.78, 5) is 21.8. The minimum atomic E-state index is -1.17. The van der Waals surface area contributed by atoms with Gasteiger partial charge in [-0.3, -0.25) is 0 Å². The van der Waals surface area contributed by atoms with Crippen molar-refractivity contribution in [2.45, 2.75) is 125 Å². The van der Waals surface area contributed by atoms with Crippen LogP contribution < -0.4 is 0 Å². The Labute approximate surface area is 348 Å². The Balaban J connectivity index is -0.0000000597. The molecular formula is C40H76BIO6P2S2. The average molecular weight is 917 g/mol. The van der Waals surface area contributed by atoms with Crippen LogP contribution >= 0.6 is 64.2 Å². The van der Waals surface area contributed by atoms with E-state index in [1.54, 1.807) is 46.9 Å². The largest absolute Gasteiger partial charge is 0.448 e. The molecule has 12 heteroatoms. The molecule has 4 rings (SSSR count). The highest BCUT2D eigenvalue weighted by atomic mass is 127. The summed E-state index contributed by atoms with van der Waals surface area (Å²) in [5, 5.41) is 23.4. The van der Waals surface area contributed by atoms with Gasteiger partial charge in [0, 0.05) is 3.57 Å². The molecule has 0 aliphatic carbocycles. The third-order valence-electron chi connectivity index (χ3n) is 3.43. The van der Waals surface area contributed by atoms with Crippen molar-refractivity contribution in [2.24, 2.45) is 0 Å². The van der Waals surface area contributed by atoms with E-state index < -0.39 is 7.12 Å². The van der Waals surface area contributed by atoms with E-state index in [0.29, 0.717) is 11.1 Å². The van der Waals surface area contributed by atoms with E-state index in [9.17, 15) is 9.59 Å². The molecule has 2 aromatic carbocycles. The predicted octanol–water partition coefficient (Wildman–Crippen LogP) is 15.0. The van der Waals surface area contributed by atoms with Crippen LogP contribution in [0.15, 0.2) is 94.3 Å². The van der Waals surface area contributed by atoms with Crippen molar-refractivity contribution in [1.82, 2.24) is 0 Å². The third kappa shape index (κ3) is 66.6. The van der Waals surface area contributed by atoms with Crippen molar-refractivity contribution >= 4 is 83.3 Å². The van der Waals surface area contributed by atoms with Gasteiger partial charge < -0.3 is 19.1 Å². The maximum atomic E-state index is 10.9.